The van der Waals surface area contributed by atoms with Crippen molar-refractivity contribution in [3.05, 3.63) is 35.9 Å². The van der Waals surface area contributed by atoms with Crippen LogP contribution in [0.3, 0.4) is 0 Å². The standard InChI is InChI=1S/C18H29N3O2/c1-3-21(4-2)16(12-15-8-6-5-7-9-15)13-20-18(22)17-14-19-10-11-23-17/h5-9,16-17,19H,3-4,10-14H2,1-2H3,(H,20,22). The number of benzene rings is 1. The summed E-state index contributed by atoms with van der Waals surface area (Å²) in [6.45, 7) is 8.95. The van der Waals surface area contributed by atoms with Crippen LogP contribution in [0.4, 0.5) is 0 Å². The van der Waals surface area contributed by atoms with Gasteiger partial charge in [0.05, 0.1) is 6.61 Å². The van der Waals surface area contributed by atoms with Gasteiger partial charge in [-0.3, -0.25) is 9.69 Å². The van der Waals surface area contributed by atoms with Crippen LogP contribution in [0.1, 0.15) is 19.4 Å². The average Bonchev–Trinajstić information content (AvgIpc) is 2.62. The minimum atomic E-state index is -0.363. The first-order valence-electron chi connectivity index (χ1n) is 8.62. The fourth-order valence-electron chi connectivity index (χ4n) is 3.02. The molecule has 128 valence electrons. The van der Waals surface area contributed by atoms with Gasteiger partial charge in [-0.25, -0.2) is 0 Å². The number of rotatable bonds is 8. The van der Waals surface area contributed by atoms with Gasteiger partial charge in [0.15, 0.2) is 0 Å². The van der Waals surface area contributed by atoms with Crippen LogP contribution in [0.5, 0.6) is 0 Å². The van der Waals surface area contributed by atoms with Gasteiger partial charge in [-0.1, -0.05) is 44.2 Å². The third-order valence-corrected chi connectivity index (χ3v) is 4.37. The van der Waals surface area contributed by atoms with Gasteiger partial charge >= 0.3 is 0 Å². The van der Waals surface area contributed by atoms with Crippen LogP contribution in [0.15, 0.2) is 30.3 Å². The van der Waals surface area contributed by atoms with Crippen LogP contribution in [-0.2, 0) is 16.0 Å². The van der Waals surface area contributed by atoms with Crippen molar-refractivity contribution in [3.63, 3.8) is 0 Å². The van der Waals surface area contributed by atoms with E-state index in [0.717, 1.165) is 26.1 Å². The Morgan fingerprint density at radius 2 is 2.09 bits per heavy atom. The van der Waals surface area contributed by atoms with Gasteiger partial charge in [-0.2, -0.15) is 0 Å². The second kappa shape index (κ2) is 9.65. The molecule has 0 aromatic heterocycles. The Balaban J connectivity index is 1.92. The fourth-order valence-corrected chi connectivity index (χ4v) is 3.02. The van der Waals surface area contributed by atoms with Crippen molar-refractivity contribution in [2.45, 2.75) is 32.4 Å². The normalized spacial score (nSPS) is 19.5. The molecule has 23 heavy (non-hydrogen) atoms. The number of carbonyl (C=O) groups is 1. The second-order valence-corrected chi connectivity index (χ2v) is 5.87. The van der Waals surface area contributed by atoms with Gasteiger partial charge in [0.1, 0.15) is 6.10 Å². The van der Waals surface area contributed by atoms with E-state index in [9.17, 15) is 4.79 Å². The molecule has 1 aliphatic rings. The van der Waals surface area contributed by atoms with E-state index in [4.69, 9.17) is 4.74 Å². The van der Waals surface area contributed by atoms with Crippen LogP contribution in [0.2, 0.25) is 0 Å². The summed E-state index contributed by atoms with van der Waals surface area (Å²) in [5.41, 5.74) is 1.30. The van der Waals surface area contributed by atoms with Gasteiger partial charge < -0.3 is 15.4 Å². The van der Waals surface area contributed by atoms with Crippen LogP contribution >= 0.6 is 0 Å². The number of ether oxygens (including phenoxy) is 1. The Labute approximate surface area is 139 Å². The van der Waals surface area contributed by atoms with Gasteiger partial charge in [-0.05, 0) is 25.1 Å². The molecule has 1 aromatic rings. The first-order chi connectivity index (χ1) is 11.2. The second-order valence-electron chi connectivity index (χ2n) is 5.87. The van der Waals surface area contributed by atoms with E-state index in [-0.39, 0.29) is 12.0 Å². The number of amides is 1. The zero-order chi connectivity index (χ0) is 16.5. The number of carbonyl (C=O) groups excluding carboxylic acids is 1. The fraction of sp³-hybridized carbons (Fsp3) is 0.611. The quantitative estimate of drug-likeness (QED) is 0.752. The van der Waals surface area contributed by atoms with E-state index in [2.05, 4.69) is 53.6 Å². The molecular formula is C18H29N3O2. The average molecular weight is 319 g/mol. The first-order valence-corrected chi connectivity index (χ1v) is 8.62. The zero-order valence-corrected chi connectivity index (χ0v) is 14.3. The molecule has 5 nitrogen and oxygen atoms in total. The summed E-state index contributed by atoms with van der Waals surface area (Å²) >= 11 is 0. The molecule has 0 aliphatic carbocycles. The number of nitrogens with zero attached hydrogens (tertiary/aromatic N) is 1. The molecule has 1 aliphatic heterocycles. The Hall–Kier alpha value is -1.43. The highest BCUT2D eigenvalue weighted by atomic mass is 16.5. The summed E-state index contributed by atoms with van der Waals surface area (Å²) in [4.78, 5) is 14.7. The molecule has 2 rings (SSSR count). The third-order valence-electron chi connectivity index (χ3n) is 4.37. The summed E-state index contributed by atoms with van der Waals surface area (Å²) in [6, 6.07) is 10.8. The Kier molecular flexibility index (Phi) is 7.52. The number of hydrogen-bond acceptors (Lipinski definition) is 4. The van der Waals surface area contributed by atoms with E-state index in [0.29, 0.717) is 25.7 Å². The van der Waals surface area contributed by atoms with Gasteiger partial charge in [0.2, 0.25) is 0 Å². The maximum atomic E-state index is 12.3. The third kappa shape index (κ3) is 5.61. The summed E-state index contributed by atoms with van der Waals surface area (Å²) in [7, 11) is 0. The summed E-state index contributed by atoms with van der Waals surface area (Å²) < 4.78 is 5.52. The van der Waals surface area contributed by atoms with E-state index < -0.39 is 0 Å². The number of likely N-dealkylation sites (N-methyl/N-ethyl adjacent to an activating group) is 1. The van der Waals surface area contributed by atoms with Crippen molar-refractivity contribution in [2.75, 3.05) is 39.3 Å². The molecule has 0 bridgehead atoms. The Bertz CT molecular complexity index is 457. The van der Waals surface area contributed by atoms with Gasteiger partial charge in [-0.15, -0.1) is 0 Å². The van der Waals surface area contributed by atoms with Crippen LogP contribution in [-0.4, -0.2) is 62.3 Å². The van der Waals surface area contributed by atoms with E-state index in [1.54, 1.807) is 0 Å². The molecule has 0 spiro atoms. The van der Waals surface area contributed by atoms with Crippen LogP contribution in [0.25, 0.3) is 0 Å². The molecule has 0 saturated carbocycles. The molecule has 1 heterocycles. The maximum Gasteiger partial charge on any atom is 0.250 e. The van der Waals surface area contributed by atoms with Crippen LogP contribution in [0, 0.1) is 0 Å². The lowest BCUT2D eigenvalue weighted by Gasteiger charge is -2.31. The smallest absolute Gasteiger partial charge is 0.250 e. The summed E-state index contributed by atoms with van der Waals surface area (Å²) in [5.74, 6) is -0.0117. The van der Waals surface area contributed by atoms with Crippen molar-refractivity contribution >= 4 is 5.91 Å². The minimum absolute atomic E-state index is 0.0117. The molecular weight excluding hydrogens is 290 g/mol. The van der Waals surface area contributed by atoms with Crippen molar-refractivity contribution in [3.8, 4) is 0 Å². The topological polar surface area (TPSA) is 53.6 Å². The highest BCUT2D eigenvalue weighted by Gasteiger charge is 2.23. The molecule has 2 atom stereocenters. The largest absolute Gasteiger partial charge is 0.366 e. The lowest BCUT2D eigenvalue weighted by Crippen LogP contribution is -2.51. The van der Waals surface area contributed by atoms with Crippen molar-refractivity contribution in [2.24, 2.45) is 0 Å². The monoisotopic (exact) mass is 319 g/mol. The van der Waals surface area contributed by atoms with Crippen LogP contribution < -0.4 is 10.6 Å². The Morgan fingerprint density at radius 1 is 1.35 bits per heavy atom. The molecule has 2 N–H and O–H groups in total. The zero-order valence-electron chi connectivity index (χ0n) is 14.3. The molecule has 1 amide bonds. The number of nitrogens with one attached hydrogen (secondary N) is 2. The minimum Gasteiger partial charge on any atom is -0.366 e. The van der Waals surface area contributed by atoms with Crippen molar-refractivity contribution < 1.29 is 9.53 Å². The molecule has 1 saturated heterocycles. The van der Waals surface area contributed by atoms with Crippen molar-refractivity contribution in [1.29, 1.82) is 0 Å². The first kappa shape index (κ1) is 17.9. The highest BCUT2D eigenvalue weighted by Crippen LogP contribution is 2.09. The van der Waals surface area contributed by atoms with E-state index in [1.165, 1.54) is 5.56 Å². The summed E-state index contributed by atoms with van der Waals surface area (Å²) in [5, 5.41) is 6.27. The molecule has 5 heteroatoms. The molecule has 0 radical (unpaired) electrons. The maximum absolute atomic E-state index is 12.3. The SMILES string of the molecule is CCN(CC)C(CNC(=O)C1CNCCO1)Cc1ccccc1. The molecule has 1 fully saturated rings. The highest BCUT2D eigenvalue weighted by molar-refractivity contribution is 5.81. The van der Waals surface area contributed by atoms with E-state index >= 15 is 0 Å². The number of hydrogen-bond donors (Lipinski definition) is 2. The summed E-state index contributed by atoms with van der Waals surface area (Å²) in [6.07, 6.45) is 0.574. The predicted molar refractivity (Wildman–Crippen MR) is 92.5 cm³/mol. The van der Waals surface area contributed by atoms with Gasteiger partial charge in [0, 0.05) is 25.7 Å². The lowest BCUT2D eigenvalue weighted by molar-refractivity contribution is -0.134. The van der Waals surface area contributed by atoms with E-state index in [1.807, 2.05) is 6.07 Å². The van der Waals surface area contributed by atoms with Gasteiger partial charge in [0.25, 0.3) is 5.91 Å². The van der Waals surface area contributed by atoms with Crippen molar-refractivity contribution in [1.82, 2.24) is 15.5 Å². The Morgan fingerprint density at radius 3 is 2.70 bits per heavy atom. The lowest BCUT2D eigenvalue weighted by atomic mass is 10.0. The predicted octanol–water partition coefficient (Wildman–Crippen LogP) is 1.04. The molecule has 2 unspecified atom stereocenters. The number of morpholine rings is 1. The molecule has 1 aromatic carbocycles.